The molecule has 182 valence electrons. The lowest BCUT2D eigenvalue weighted by Gasteiger charge is -2.47. The summed E-state index contributed by atoms with van der Waals surface area (Å²) < 4.78 is 23.0. The number of hydrogen-bond donors (Lipinski definition) is 4. The molecule has 12 atom stereocenters. The molecule has 6 fully saturated rings. The number of aliphatic hydroxyl groups is 3. The van der Waals surface area contributed by atoms with E-state index in [-0.39, 0.29) is 0 Å². The van der Waals surface area contributed by atoms with Crippen molar-refractivity contribution in [2.45, 2.75) is 82.6 Å². The molecule has 0 bridgehead atoms. The van der Waals surface area contributed by atoms with Crippen molar-refractivity contribution in [3.8, 4) is 0 Å². The molecule has 12 unspecified atom stereocenters. The Bertz CT molecular complexity index is 994. The van der Waals surface area contributed by atoms with Gasteiger partial charge in [0.15, 0.2) is 17.8 Å². The van der Waals surface area contributed by atoms with Gasteiger partial charge >= 0.3 is 17.9 Å². The van der Waals surface area contributed by atoms with E-state index in [0.717, 1.165) is 0 Å². The van der Waals surface area contributed by atoms with Crippen molar-refractivity contribution in [1.29, 1.82) is 0 Å². The van der Waals surface area contributed by atoms with Gasteiger partial charge in [-0.25, -0.2) is 9.59 Å². The van der Waals surface area contributed by atoms with Crippen LogP contribution in [0.25, 0.3) is 0 Å². The van der Waals surface area contributed by atoms with Crippen LogP contribution >= 0.6 is 0 Å². The first-order chi connectivity index (χ1) is 15.3. The number of fused-ring (bicyclic) bond motifs is 1. The number of esters is 3. The van der Waals surface area contributed by atoms with Gasteiger partial charge in [-0.15, -0.1) is 0 Å². The van der Waals surface area contributed by atoms with Crippen molar-refractivity contribution in [3.05, 3.63) is 0 Å². The van der Waals surface area contributed by atoms with Gasteiger partial charge in [0.1, 0.15) is 12.2 Å². The molecule has 2 aliphatic carbocycles. The minimum atomic E-state index is -2.29. The first-order valence-electron chi connectivity index (χ1n) is 11.4. The molecule has 33 heavy (non-hydrogen) atoms. The molecule has 4 aliphatic heterocycles. The Hall–Kier alpha value is -1.79. The molecular formula is C22H29NO10. The highest BCUT2D eigenvalue weighted by Gasteiger charge is 3.05. The van der Waals surface area contributed by atoms with E-state index >= 15 is 0 Å². The zero-order valence-corrected chi connectivity index (χ0v) is 19.0. The summed E-state index contributed by atoms with van der Waals surface area (Å²) in [6.07, 6.45) is -7.46. The molecule has 0 amide bonds. The fourth-order valence-electron chi connectivity index (χ4n) is 8.78. The topological polar surface area (TPSA) is 161 Å². The van der Waals surface area contributed by atoms with Gasteiger partial charge in [0.2, 0.25) is 11.9 Å². The third-order valence-electron chi connectivity index (χ3n) is 9.42. The fourth-order valence-corrected chi connectivity index (χ4v) is 8.78. The number of hydrogen-bond acceptors (Lipinski definition) is 11. The van der Waals surface area contributed by atoms with Crippen LogP contribution in [0.15, 0.2) is 0 Å². The van der Waals surface area contributed by atoms with Crippen LogP contribution in [0.5, 0.6) is 0 Å². The van der Waals surface area contributed by atoms with Gasteiger partial charge in [0.25, 0.3) is 0 Å². The number of aliphatic hydroxyl groups excluding tert-OH is 2. The quantitative estimate of drug-likeness (QED) is 0.268. The predicted molar refractivity (Wildman–Crippen MR) is 105 cm³/mol. The summed E-state index contributed by atoms with van der Waals surface area (Å²) in [6.45, 7) is 9.49. The Balaban J connectivity index is 1.74. The molecule has 0 aromatic rings. The monoisotopic (exact) mass is 467 g/mol. The second-order valence-electron chi connectivity index (χ2n) is 11.4. The minimum Gasteiger partial charge on any atom is -0.458 e. The highest BCUT2D eigenvalue weighted by Crippen LogP contribution is 2.84. The summed E-state index contributed by atoms with van der Waals surface area (Å²) in [6, 6.07) is -0.612. The Morgan fingerprint density at radius 2 is 1.70 bits per heavy atom. The third-order valence-corrected chi connectivity index (χ3v) is 9.42. The van der Waals surface area contributed by atoms with Gasteiger partial charge < -0.3 is 39.6 Å². The SMILES string of the molecule is CCNC1C(C(C)(C)C)C23C(OC(=O)C2O)OC24C(=O)OC1C32C(O)C1OC(=O)C(C)C14O. The van der Waals surface area contributed by atoms with Gasteiger partial charge in [0.05, 0.1) is 16.7 Å². The van der Waals surface area contributed by atoms with Crippen LogP contribution in [-0.4, -0.2) is 87.7 Å². The van der Waals surface area contributed by atoms with Crippen LogP contribution in [0, 0.1) is 28.1 Å². The highest BCUT2D eigenvalue weighted by molar-refractivity contribution is 5.94. The van der Waals surface area contributed by atoms with E-state index in [0.29, 0.717) is 6.54 Å². The van der Waals surface area contributed by atoms with E-state index in [9.17, 15) is 29.7 Å². The average Bonchev–Trinajstić information content (AvgIpc) is 3.41. The normalized spacial score (nSPS) is 58.0. The molecule has 2 saturated carbocycles. The molecule has 0 aromatic heterocycles. The van der Waals surface area contributed by atoms with Crippen molar-refractivity contribution in [3.63, 3.8) is 0 Å². The Morgan fingerprint density at radius 3 is 2.30 bits per heavy atom. The number of ether oxygens (including phenoxy) is 4. The van der Waals surface area contributed by atoms with Crippen LogP contribution < -0.4 is 5.32 Å². The van der Waals surface area contributed by atoms with Crippen LogP contribution in [0.1, 0.15) is 34.6 Å². The van der Waals surface area contributed by atoms with Crippen molar-refractivity contribution < 1.29 is 48.7 Å². The highest BCUT2D eigenvalue weighted by atomic mass is 16.8. The molecule has 11 nitrogen and oxygen atoms in total. The molecule has 11 heteroatoms. The zero-order chi connectivity index (χ0) is 24.1. The summed E-state index contributed by atoms with van der Waals surface area (Å²) >= 11 is 0. The molecule has 6 aliphatic rings. The van der Waals surface area contributed by atoms with Crippen LogP contribution in [0.3, 0.4) is 0 Å². The summed E-state index contributed by atoms with van der Waals surface area (Å²) in [5.41, 5.74) is -8.64. The Morgan fingerprint density at radius 1 is 1.03 bits per heavy atom. The maximum Gasteiger partial charge on any atom is 0.343 e. The second kappa shape index (κ2) is 5.71. The van der Waals surface area contributed by atoms with Gasteiger partial charge in [-0.1, -0.05) is 27.7 Å². The summed E-state index contributed by atoms with van der Waals surface area (Å²) in [5, 5.41) is 38.7. The van der Waals surface area contributed by atoms with E-state index in [1.807, 2.05) is 27.7 Å². The molecule has 2 spiro atoms. The number of carbonyl (C=O) groups is 3. The number of rotatable bonds is 2. The van der Waals surface area contributed by atoms with Crippen LogP contribution in [-0.2, 0) is 33.3 Å². The van der Waals surface area contributed by atoms with Crippen molar-refractivity contribution in [1.82, 2.24) is 5.32 Å². The largest absolute Gasteiger partial charge is 0.458 e. The maximum absolute atomic E-state index is 13.7. The average molecular weight is 467 g/mol. The van der Waals surface area contributed by atoms with Gasteiger partial charge in [-0.05, 0) is 24.8 Å². The lowest BCUT2D eigenvalue weighted by atomic mass is 9.51. The van der Waals surface area contributed by atoms with Gasteiger partial charge in [-0.3, -0.25) is 4.79 Å². The summed E-state index contributed by atoms with van der Waals surface area (Å²) in [4.78, 5) is 39.0. The van der Waals surface area contributed by atoms with Gasteiger partial charge in [-0.2, -0.15) is 0 Å². The molecule has 0 aromatic carbocycles. The zero-order valence-electron chi connectivity index (χ0n) is 19.0. The van der Waals surface area contributed by atoms with E-state index in [4.69, 9.17) is 18.9 Å². The number of likely N-dealkylation sites (N-methyl/N-ethyl adjacent to an activating group) is 1. The number of nitrogens with one attached hydrogen (secondary N) is 1. The number of carbonyl (C=O) groups excluding carboxylic acids is 3. The van der Waals surface area contributed by atoms with Crippen molar-refractivity contribution in [2.24, 2.45) is 28.1 Å². The van der Waals surface area contributed by atoms with Crippen molar-refractivity contribution in [2.75, 3.05) is 6.54 Å². The van der Waals surface area contributed by atoms with Gasteiger partial charge in [0, 0.05) is 6.04 Å². The first-order valence-corrected chi connectivity index (χ1v) is 11.4. The minimum absolute atomic E-state index is 0.468. The van der Waals surface area contributed by atoms with Crippen LogP contribution in [0.4, 0.5) is 0 Å². The smallest absolute Gasteiger partial charge is 0.343 e. The molecular weight excluding hydrogens is 438 g/mol. The van der Waals surface area contributed by atoms with Crippen molar-refractivity contribution >= 4 is 17.9 Å². The first kappa shape index (κ1) is 21.7. The lowest BCUT2D eigenvalue weighted by molar-refractivity contribution is -0.240. The summed E-state index contributed by atoms with van der Waals surface area (Å²) in [7, 11) is 0. The van der Waals surface area contributed by atoms with Crippen LogP contribution in [0.2, 0.25) is 0 Å². The Labute approximate surface area is 189 Å². The predicted octanol–water partition coefficient (Wildman–Crippen LogP) is -1.78. The van der Waals surface area contributed by atoms with E-state index in [2.05, 4.69) is 5.32 Å². The standard InChI is InChI=1S/C22H29NO10/c1-6-23-8-9(18(3,4)5)19-11(25)15(27)32-17(19)33-22-16(28)31-12(8)20(19,22)10(24)13-21(22,29)7(2)14(26)30-13/h7-13,17,23-25,29H,6H2,1-5H3. The van der Waals surface area contributed by atoms with E-state index in [1.165, 1.54) is 6.92 Å². The van der Waals surface area contributed by atoms with E-state index in [1.54, 1.807) is 0 Å². The third kappa shape index (κ3) is 1.69. The van der Waals surface area contributed by atoms with E-state index < -0.39 is 93.9 Å². The lowest BCUT2D eigenvalue weighted by Crippen LogP contribution is -2.67. The molecule has 4 saturated heterocycles. The molecule has 4 N–H and O–H groups in total. The molecule has 4 heterocycles. The summed E-state index contributed by atoms with van der Waals surface area (Å²) in [5.74, 6) is -4.53. The fraction of sp³-hybridized carbons (Fsp3) is 0.864. The second-order valence-corrected chi connectivity index (χ2v) is 11.4. The molecule has 0 radical (unpaired) electrons. The molecule has 6 rings (SSSR count). The Kier molecular flexibility index (Phi) is 3.76. The maximum atomic E-state index is 13.7.